The van der Waals surface area contributed by atoms with Gasteiger partial charge >= 0.3 is 5.97 Å². The van der Waals surface area contributed by atoms with Crippen LogP contribution in [0.2, 0.25) is 0 Å². The van der Waals surface area contributed by atoms with Gasteiger partial charge < -0.3 is 15.2 Å². The Labute approximate surface area is 84.6 Å². The van der Waals surface area contributed by atoms with Crippen LogP contribution in [-0.4, -0.2) is 36.9 Å². The fourth-order valence-corrected chi connectivity index (χ4v) is 1.67. The Morgan fingerprint density at radius 3 is 3.07 bits per heavy atom. The largest absolute Gasteiger partial charge is 0.481 e. The SMILES string of the molecule is CC(CNCC1CCCO1)CC(=O)O. The smallest absolute Gasteiger partial charge is 0.303 e. The summed E-state index contributed by atoms with van der Waals surface area (Å²) >= 11 is 0. The highest BCUT2D eigenvalue weighted by Gasteiger charge is 2.15. The zero-order valence-electron chi connectivity index (χ0n) is 8.66. The summed E-state index contributed by atoms with van der Waals surface area (Å²) in [6.07, 6.45) is 2.85. The third-order valence-electron chi connectivity index (χ3n) is 2.41. The Hall–Kier alpha value is -0.610. The van der Waals surface area contributed by atoms with Gasteiger partial charge in [-0.15, -0.1) is 0 Å². The van der Waals surface area contributed by atoms with E-state index in [9.17, 15) is 4.79 Å². The molecule has 1 aliphatic heterocycles. The van der Waals surface area contributed by atoms with E-state index in [1.165, 1.54) is 0 Å². The average molecular weight is 201 g/mol. The molecular formula is C10H19NO3. The lowest BCUT2D eigenvalue weighted by molar-refractivity contribution is -0.137. The van der Waals surface area contributed by atoms with Crippen LogP contribution in [-0.2, 0) is 9.53 Å². The molecule has 1 fully saturated rings. The molecule has 0 saturated carbocycles. The second kappa shape index (κ2) is 5.98. The van der Waals surface area contributed by atoms with Gasteiger partial charge in [-0.25, -0.2) is 0 Å². The minimum absolute atomic E-state index is 0.189. The topological polar surface area (TPSA) is 58.6 Å². The molecule has 2 N–H and O–H groups in total. The van der Waals surface area contributed by atoms with Crippen LogP contribution in [0.5, 0.6) is 0 Å². The van der Waals surface area contributed by atoms with E-state index in [4.69, 9.17) is 9.84 Å². The molecule has 4 heteroatoms. The number of aliphatic carboxylic acids is 1. The summed E-state index contributed by atoms with van der Waals surface area (Å²) in [6.45, 7) is 4.42. The van der Waals surface area contributed by atoms with Crippen LogP contribution in [0.25, 0.3) is 0 Å². The maximum absolute atomic E-state index is 10.4. The maximum atomic E-state index is 10.4. The summed E-state index contributed by atoms with van der Waals surface area (Å²) in [4.78, 5) is 10.4. The van der Waals surface area contributed by atoms with Gasteiger partial charge in [-0.2, -0.15) is 0 Å². The Balaban J connectivity index is 1.99. The van der Waals surface area contributed by atoms with Gasteiger partial charge in [-0.1, -0.05) is 6.92 Å². The van der Waals surface area contributed by atoms with E-state index in [2.05, 4.69) is 5.32 Å². The van der Waals surface area contributed by atoms with Crippen molar-refractivity contribution in [2.75, 3.05) is 19.7 Å². The van der Waals surface area contributed by atoms with Gasteiger partial charge in [0.2, 0.25) is 0 Å². The number of carboxylic acids is 1. The monoisotopic (exact) mass is 201 g/mol. The summed E-state index contributed by atoms with van der Waals surface area (Å²) in [5.74, 6) is -0.537. The van der Waals surface area contributed by atoms with E-state index in [0.29, 0.717) is 6.10 Å². The molecule has 2 unspecified atom stereocenters. The number of carboxylic acid groups (broad SMARTS) is 1. The number of rotatable bonds is 6. The summed E-state index contributed by atoms with van der Waals surface area (Å²) < 4.78 is 5.44. The number of carbonyl (C=O) groups is 1. The van der Waals surface area contributed by atoms with Crippen molar-refractivity contribution >= 4 is 5.97 Å². The predicted octanol–water partition coefficient (Wildman–Crippen LogP) is 0.866. The normalized spacial score (nSPS) is 23.6. The first kappa shape index (κ1) is 11.5. The molecule has 1 heterocycles. The number of hydrogen-bond acceptors (Lipinski definition) is 3. The van der Waals surface area contributed by atoms with Crippen LogP contribution in [0.4, 0.5) is 0 Å². The highest BCUT2D eigenvalue weighted by atomic mass is 16.5. The van der Waals surface area contributed by atoms with Crippen LogP contribution in [0.1, 0.15) is 26.2 Å². The molecule has 82 valence electrons. The van der Waals surface area contributed by atoms with E-state index < -0.39 is 5.97 Å². The lowest BCUT2D eigenvalue weighted by atomic mass is 10.1. The Kier molecular flexibility index (Phi) is 4.90. The summed E-state index contributed by atoms with van der Waals surface area (Å²) in [6, 6.07) is 0. The summed E-state index contributed by atoms with van der Waals surface area (Å²) in [5.41, 5.74) is 0. The molecule has 0 aromatic rings. The standard InChI is InChI=1S/C10H19NO3/c1-8(5-10(12)13)6-11-7-9-3-2-4-14-9/h8-9,11H,2-7H2,1H3,(H,12,13). The van der Waals surface area contributed by atoms with Crippen molar-refractivity contribution in [1.82, 2.24) is 5.32 Å². The summed E-state index contributed by atoms with van der Waals surface area (Å²) in [7, 11) is 0. The van der Waals surface area contributed by atoms with Crippen molar-refractivity contribution in [3.05, 3.63) is 0 Å². The minimum Gasteiger partial charge on any atom is -0.481 e. The van der Waals surface area contributed by atoms with Gasteiger partial charge in [-0.3, -0.25) is 4.79 Å². The molecule has 0 radical (unpaired) electrons. The zero-order chi connectivity index (χ0) is 10.4. The molecule has 0 amide bonds. The Morgan fingerprint density at radius 2 is 2.50 bits per heavy atom. The lowest BCUT2D eigenvalue weighted by Crippen LogP contribution is -2.30. The summed E-state index contributed by atoms with van der Waals surface area (Å²) in [5, 5.41) is 11.8. The quantitative estimate of drug-likeness (QED) is 0.669. The van der Waals surface area contributed by atoms with E-state index in [0.717, 1.165) is 32.5 Å². The number of ether oxygens (including phenoxy) is 1. The number of hydrogen-bond donors (Lipinski definition) is 2. The predicted molar refractivity (Wildman–Crippen MR) is 53.3 cm³/mol. The minimum atomic E-state index is -0.726. The molecule has 0 aliphatic carbocycles. The first-order chi connectivity index (χ1) is 6.68. The van der Waals surface area contributed by atoms with Crippen molar-refractivity contribution in [3.63, 3.8) is 0 Å². The van der Waals surface area contributed by atoms with Gasteiger partial charge in [0.1, 0.15) is 0 Å². The van der Waals surface area contributed by atoms with E-state index in [-0.39, 0.29) is 12.3 Å². The molecule has 0 spiro atoms. The highest BCUT2D eigenvalue weighted by Crippen LogP contribution is 2.10. The van der Waals surface area contributed by atoms with Crippen molar-refractivity contribution in [2.24, 2.45) is 5.92 Å². The second-order valence-corrected chi connectivity index (χ2v) is 4.00. The van der Waals surface area contributed by atoms with Crippen molar-refractivity contribution in [2.45, 2.75) is 32.3 Å². The Morgan fingerprint density at radius 1 is 1.71 bits per heavy atom. The van der Waals surface area contributed by atoms with Gasteiger partial charge in [0.25, 0.3) is 0 Å². The second-order valence-electron chi connectivity index (χ2n) is 4.00. The molecule has 4 nitrogen and oxygen atoms in total. The fraction of sp³-hybridized carbons (Fsp3) is 0.900. The van der Waals surface area contributed by atoms with Crippen LogP contribution in [0, 0.1) is 5.92 Å². The molecule has 0 aromatic heterocycles. The van der Waals surface area contributed by atoms with Gasteiger partial charge in [-0.05, 0) is 25.3 Å². The first-order valence-corrected chi connectivity index (χ1v) is 5.22. The molecule has 0 aromatic carbocycles. The van der Waals surface area contributed by atoms with Gasteiger partial charge in [0.15, 0.2) is 0 Å². The molecule has 0 bridgehead atoms. The molecule has 1 saturated heterocycles. The molecule has 14 heavy (non-hydrogen) atoms. The maximum Gasteiger partial charge on any atom is 0.303 e. The van der Waals surface area contributed by atoms with Crippen LogP contribution >= 0.6 is 0 Å². The highest BCUT2D eigenvalue weighted by molar-refractivity contribution is 5.66. The van der Waals surface area contributed by atoms with E-state index in [1.807, 2.05) is 6.92 Å². The molecule has 1 rings (SSSR count). The molecular weight excluding hydrogens is 182 g/mol. The van der Waals surface area contributed by atoms with Crippen LogP contribution in [0.15, 0.2) is 0 Å². The third kappa shape index (κ3) is 4.58. The van der Waals surface area contributed by atoms with Crippen LogP contribution < -0.4 is 5.32 Å². The Bertz CT molecular complexity index is 178. The lowest BCUT2D eigenvalue weighted by Gasteiger charge is -2.13. The molecule has 2 atom stereocenters. The molecule has 1 aliphatic rings. The first-order valence-electron chi connectivity index (χ1n) is 5.22. The average Bonchev–Trinajstić information content (AvgIpc) is 2.55. The van der Waals surface area contributed by atoms with Gasteiger partial charge in [0.05, 0.1) is 6.10 Å². The van der Waals surface area contributed by atoms with E-state index in [1.54, 1.807) is 0 Å². The van der Waals surface area contributed by atoms with Crippen molar-refractivity contribution in [1.29, 1.82) is 0 Å². The van der Waals surface area contributed by atoms with Crippen molar-refractivity contribution in [3.8, 4) is 0 Å². The van der Waals surface area contributed by atoms with Crippen molar-refractivity contribution < 1.29 is 14.6 Å². The number of nitrogens with one attached hydrogen (secondary N) is 1. The van der Waals surface area contributed by atoms with Gasteiger partial charge in [0, 0.05) is 19.6 Å². The van der Waals surface area contributed by atoms with Crippen LogP contribution in [0.3, 0.4) is 0 Å². The zero-order valence-corrected chi connectivity index (χ0v) is 8.66. The van der Waals surface area contributed by atoms with E-state index >= 15 is 0 Å². The fourth-order valence-electron chi connectivity index (χ4n) is 1.67. The third-order valence-corrected chi connectivity index (χ3v) is 2.41.